The Kier molecular flexibility index (Phi) is 3.94. The molecule has 0 bridgehead atoms. The zero-order chi connectivity index (χ0) is 13.8. The van der Waals surface area contributed by atoms with Gasteiger partial charge in [-0.05, 0) is 23.7 Å². The highest BCUT2D eigenvalue weighted by Gasteiger charge is 2.16. The summed E-state index contributed by atoms with van der Waals surface area (Å²) < 4.78 is 5.91. The third-order valence-corrected chi connectivity index (χ3v) is 3.27. The zero-order valence-corrected chi connectivity index (χ0v) is 11.6. The minimum absolute atomic E-state index is 0.0910. The summed E-state index contributed by atoms with van der Waals surface area (Å²) in [5.74, 6) is 0.611. The third kappa shape index (κ3) is 2.50. The number of methoxy groups -OCH3 is 1. The fraction of sp³-hybridized carbons (Fsp3) is 0.0769. The van der Waals surface area contributed by atoms with E-state index in [1.807, 2.05) is 0 Å². The Morgan fingerprint density at radius 3 is 2.63 bits per heavy atom. The van der Waals surface area contributed by atoms with Gasteiger partial charge < -0.3 is 9.84 Å². The van der Waals surface area contributed by atoms with Gasteiger partial charge in [0, 0.05) is 20.5 Å². The lowest BCUT2D eigenvalue weighted by Gasteiger charge is -2.14. The third-order valence-electron chi connectivity index (χ3n) is 2.63. The van der Waals surface area contributed by atoms with Crippen LogP contribution in [0.5, 0.6) is 11.5 Å². The first-order valence-corrected chi connectivity index (χ1v) is 6.18. The van der Waals surface area contributed by atoms with Crippen LogP contribution in [0.4, 0.5) is 5.69 Å². The molecule has 0 radical (unpaired) electrons. The predicted octanol–water partition coefficient (Wildman–Crippen LogP) is 4.77. The van der Waals surface area contributed by atoms with E-state index in [9.17, 15) is 5.11 Å². The molecule has 6 heteroatoms. The van der Waals surface area contributed by atoms with Crippen molar-refractivity contribution in [3.8, 4) is 22.6 Å². The van der Waals surface area contributed by atoms with Crippen LogP contribution in [0.2, 0.25) is 0 Å². The van der Waals surface area contributed by atoms with Gasteiger partial charge in [-0.3, -0.25) is 0 Å². The molecule has 0 saturated carbocycles. The van der Waals surface area contributed by atoms with Crippen molar-refractivity contribution in [1.82, 2.24) is 0 Å². The normalized spacial score (nSPS) is 9.79. The Morgan fingerprint density at radius 2 is 2.00 bits per heavy atom. The summed E-state index contributed by atoms with van der Waals surface area (Å²) in [6.45, 7) is 0. The molecule has 0 aromatic heterocycles. The number of phenolic OH excluding ortho intramolecular Hbond substituents is 1. The highest BCUT2D eigenvalue weighted by molar-refractivity contribution is 9.10. The van der Waals surface area contributed by atoms with Crippen LogP contribution >= 0.6 is 15.9 Å². The van der Waals surface area contributed by atoms with Crippen LogP contribution in [-0.2, 0) is 0 Å². The average molecular weight is 320 g/mol. The zero-order valence-electron chi connectivity index (χ0n) is 10.0. The first-order valence-electron chi connectivity index (χ1n) is 5.39. The van der Waals surface area contributed by atoms with Crippen LogP contribution in [0.3, 0.4) is 0 Å². The lowest BCUT2D eigenvalue weighted by molar-refractivity contribution is 0.416. The van der Waals surface area contributed by atoms with Gasteiger partial charge in [-0.2, -0.15) is 0 Å². The summed E-state index contributed by atoms with van der Waals surface area (Å²) in [5, 5.41) is 13.6. The molecule has 1 N–H and O–H groups in total. The number of nitrogens with zero attached hydrogens (tertiary/aromatic N) is 3. The summed E-state index contributed by atoms with van der Waals surface area (Å²) in [5.41, 5.74) is 10.2. The number of azide groups is 1. The molecule has 0 spiro atoms. The topological polar surface area (TPSA) is 78.2 Å². The second-order valence-corrected chi connectivity index (χ2v) is 4.53. The number of aromatic hydroxyl groups is 1. The van der Waals surface area contributed by atoms with Crippen molar-refractivity contribution in [2.45, 2.75) is 0 Å². The van der Waals surface area contributed by atoms with Crippen LogP contribution < -0.4 is 4.74 Å². The number of benzene rings is 2. The average Bonchev–Trinajstić information content (AvgIpc) is 2.42. The largest absolute Gasteiger partial charge is 0.507 e. The van der Waals surface area contributed by atoms with E-state index in [-0.39, 0.29) is 5.75 Å². The quantitative estimate of drug-likeness (QED) is 0.502. The fourth-order valence-corrected chi connectivity index (χ4v) is 2.21. The van der Waals surface area contributed by atoms with Gasteiger partial charge in [0.2, 0.25) is 0 Å². The van der Waals surface area contributed by atoms with Crippen molar-refractivity contribution < 1.29 is 9.84 Å². The number of hydrogen-bond acceptors (Lipinski definition) is 3. The van der Waals surface area contributed by atoms with E-state index in [0.717, 1.165) is 0 Å². The lowest BCUT2D eigenvalue weighted by atomic mass is 10.0. The van der Waals surface area contributed by atoms with Crippen LogP contribution in [0.15, 0.2) is 46.0 Å². The minimum atomic E-state index is 0.0910. The van der Waals surface area contributed by atoms with Gasteiger partial charge in [-0.1, -0.05) is 39.2 Å². The first kappa shape index (κ1) is 13.3. The molecule has 0 fully saturated rings. The van der Waals surface area contributed by atoms with E-state index in [4.69, 9.17) is 10.3 Å². The van der Waals surface area contributed by atoms with E-state index >= 15 is 0 Å². The summed E-state index contributed by atoms with van der Waals surface area (Å²) in [6, 6.07) is 10.3. The maximum Gasteiger partial charge on any atom is 0.127 e. The molecule has 19 heavy (non-hydrogen) atoms. The molecule has 0 amide bonds. The van der Waals surface area contributed by atoms with E-state index in [1.54, 1.807) is 36.4 Å². The van der Waals surface area contributed by atoms with E-state index in [1.165, 1.54) is 7.11 Å². The van der Waals surface area contributed by atoms with Crippen LogP contribution in [0, 0.1) is 0 Å². The van der Waals surface area contributed by atoms with Crippen molar-refractivity contribution >= 4 is 21.6 Å². The van der Waals surface area contributed by atoms with Crippen LogP contribution in [0.1, 0.15) is 0 Å². The molecule has 0 aliphatic heterocycles. The standard InChI is InChI=1S/C13H10BrN3O2/c1-19-11-7-6-9(14)13(16-17-15)12(11)8-4-2-3-5-10(8)18/h2-7,18H,1H3. The summed E-state index contributed by atoms with van der Waals surface area (Å²) in [4.78, 5) is 2.82. The molecule has 0 aliphatic rings. The summed E-state index contributed by atoms with van der Waals surface area (Å²) >= 11 is 3.33. The number of ether oxygens (including phenoxy) is 1. The highest BCUT2D eigenvalue weighted by Crippen LogP contribution is 2.45. The number of hydrogen-bond donors (Lipinski definition) is 1. The first-order chi connectivity index (χ1) is 9.19. The molecule has 0 aliphatic carbocycles. The van der Waals surface area contributed by atoms with E-state index < -0.39 is 0 Å². The monoisotopic (exact) mass is 319 g/mol. The van der Waals surface area contributed by atoms with Crippen molar-refractivity contribution in [2.75, 3.05) is 7.11 Å². The second kappa shape index (κ2) is 5.65. The molecular weight excluding hydrogens is 310 g/mol. The Hall–Kier alpha value is -2.17. The predicted molar refractivity (Wildman–Crippen MR) is 76.6 cm³/mol. The molecule has 5 nitrogen and oxygen atoms in total. The van der Waals surface area contributed by atoms with Gasteiger partial charge in [-0.25, -0.2) is 0 Å². The second-order valence-electron chi connectivity index (χ2n) is 3.68. The van der Waals surface area contributed by atoms with Gasteiger partial charge >= 0.3 is 0 Å². The number of phenols is 1. The Morgan fingerprint density at radius 1 is 1.26 bits per heavy atom. The fourth-order valence-electron chi connectivity index (χ4n) is 1.81. The van der Waals surface area contributed by atoms with Gasteiger partial charge in [0.1, 0.15) is 11.5 Å². The molecule has 96 valence electrons. The molecular formula is C13H10BrN3O2. The Labute approximate surface area is 118 Å². The summed E-state index contributed by atoms with van der Waals surface area (Å²) in [7, 11) is 1.52. The molecule has 2 rings (SSSR count). The molecule has 0 heterocycles. The lowest BCUT2D eigenvalue weighted by Crippen LogP contribution is -1.89. The molecule has 0 saturated heterocycles. The molecule has 0 atom stereocenters. The van der Waals surface area contributed by atoms with Crippen molar-refractivity contribution in [2.24, 2.45) is 5.11 Å². The maximum atomic E-state index is 9.96. The number of halogens is 1. The van der Waals surface area contributed by atoms with Crippen molar-refractivity contribution in [1.29, 1.82) is 0 Å². The minimum Gasteiger partial charge on any atom is -0.507 e. The molecule has 2 aromatic carbocycles. The van der Waals surface area contributed by atoms with Gasteiger partial charge in [0.25, 0.3) is 0 Å². The summed E-state index contributed by atoms with van der Waals surface area (Å²) in [6.07, 6.45) is 0. The Bertz CT molecular complexity index is 667. The van der Waals surface area contributed by atoms with Crippen LogP contribution in [0.25, 0.3) is 21.6 Å². The van der Waals surface area contributed by atoms with Gasteiger partial charge in [-0.15, -0.1) is 0 Å². The SMILES string of the molecule is COc1ccc(Br)c(N=[N+]=[N-])c1-c1ccccc1O. The highest BCUT2D eigenvalue weighted by atomic mass is 79.9. The smallest absolute Gasteiger partial charge is 0.127 e. The van der Waals surface area contributed by atoms with Crippen LogP contribution in [-0.4, -0.2) is 12.2 Å². The van der Waals surface area contributed by atoms with E-state index in [2.05, 4.69) is 26.0 Å². The van der Waals surface area contributed by atoms with Crippen molar-refractivity contribution in [3.63, 3.8) is 0 Å². The van der Waals surface area contributed by atoms with Gasteiger partial charge in [0.05, 0.1) is 12.8 Å². The Balaban J connectivity index is 2.83. The maximum absolute atomic E-state index is 9.96. The molecule has 2 aromatic rings. The number of rotatable bonds is 3. The van der Waals surface area contributed by atoms with E-state index in [0.29, 0.717) is 27.0 Å². The van der Waals surface area contributed by atoms with Crippen molar-refractivity contribution in [3.05, 3.63) is 51.3 Å². The van der Waals surface area contributed by atoms with Gasteiger partial charge in [0.15, 0.2) is 0 Å². The molecule has 0 unspecified atom stereocenters. The number of para-hydroxylation sites is 1.